The molecule has 0 radical (unpaired) electrons. The number of thiazole rings is 1. The Morgan fingerprint density at radius 2 is 2.35 bits per heavy atom. The van der Waals surface area contributed by atoms with E-state index in [-0.39, 0.29) is 23.6 Å². The van der Waals surface area contributed by atoms with Crippen LogP contribution in [0.5, 0.6) is 0 Å². The molecule has 1 amide bonds. The van der Waals surface area contributed by atoms with E-state index in [1.54, 1.807) is 6.20 Å². The molecule has 2 aromatic rings. The molecule has 0 aliphatic heterocycles. The monoisotopic (exact) mass is 290 g/mol. The van der Waals surface area contributed by atoms with Crippen molar-refractivity contribution in [2.24, 2.45) is 0 Å². The van der Waals surface area contributed by atoms with E-state index in [0.717, 1.165) is 5.01 Å². The smallest absolute Gasteiger partial charge is 0.252 e. The molecule has 0 saturated heterocycles. The first-order valence-electron chi connectivity index (χ1n) is 5.76. The maximum absolute atomic E-state index is 13.2. The highest BCUT2D eigenvalue weighted by Crippen LogP contribution is 2.11. The molecule has 102 valence electrons. The molecule has 20 heavy (non-hydrogen) atoms. The van der Waals surface area contributed by atoms with Crippen molar-refractivity contribution in [2.45, 2.75) is 6.54 Å². The lowest BCUT2D eigenvalue weighted by molar-refractivity contribution is 0.0950. The molecule has 0 spiro atoms. The number of rotatable bonds is 3. The highest BCUT2D eigenvalue weighted by Gasteiger charge is 2.11. The normalized spacial score (nSPS) is 9.70. The van der Waals surface area contributed by atoms with Gasteiger partial charge in [-0.25, -0.2) is 9.37 Å². The fourth-order valence-electron chi connectivity index (χ4n) is 1.54. The molecule has 1 aromatic heterocycles. The van der Waals surface area contributed by atoms with Crippen LogP contribution >= 0.6 is 11.3 Å². The summed E-state index contributed by atoms with van der Waals surface area (Å²) in [5.74, 6) is 4.13. The zero-order valence-electron chi connectivity index (χ0n) is 10.4. The van der Waals surface area contributed by atoms with Crippen molar-refractivity contribution in [3.63, 3.8) is 0 Å². The first-order chi connectivity index (χ1) is 9.70. The number of halogens is 1. The number of carbonyl (C=O) groups excluding carboxylic acids is 1. The van der Waals surface area contributed by atoms with Crippen LogP contribution in [0.3, 0.4) is 0 Å². The maximum atomic E-state index is 13.2. The lowest BCUT2D eigenvalue weighted by Gasteiger charge is -2.05. The summed E-state index contributed by atoms with van der Waals surface area (Å²) in [7, 11) is 0. The lowest BCUT2D eigenvalue weighted by atomic mass is 10.1. The Morgan fingerprint density at radius 3 is 3.05 bits per heavy atom. The molecule has 6 heteroatoms. The Kier molecular flexibility index (Phi) is 4.82. The Labute approximate surface area is 119 Å². The minimum Gasteiger partial charge on any atom is -0.384 e. The van der Waals surface area contributed by atoms with E-state index in [2.05, 4.69) is 22.1 Å². The molecule has 1 heterocycles. The minimum absolute atomic E-state index is 0.246. The molecule has 4 nitrogen and oxygen atoms in total. The van der Waals surface area contributed by atoms with Gasteiger partial charge in [0, 0.05) is 17.1 Å². The number of carbonyl (C=O) groups is 1. The molecule has 2 rings (SSSR count). The second kappa shape index (κ2) is 6.80. The van der Waals surface area contributed by atoms with Gasteiger partial charge in [-0.1, -0.05) is 11.8 Å². The number of aliphatic hydroxyl groups is 1. The van der Waals surface area contributed by atoms with Crippen LogP contribution in [0.15, 0.2) is 29.8 Å². The standard InChI is InChI=1S/C14H11FN2O2S/c15-11-3-4-12(10(8-11)2-1-6-18)14(19)17-9-13-16-5-7-20-13/h3-5,7-8,18H,6,9H2,(H,17,19). The van der Waals surface area contributed by atoms with Gasteiger partial charge in [0.2, 0.25) is 0 Å². The van der Waals surface area contributed by atoms with E-state index in [4.69, 9.17) is 5.11 Å². The molecule has 0 atom stereocenters. The summed E-state index contributed by atoms with van der Waals surface area (Å²) in [6, 6.07) is 3.73. The van der Waals surface area contributed by atoms with Crippen molar-refractivity contribution in [1.29, 1.82) is 0 Å². The minimum atomic E-state index is -0.483. The fourth-order valence-corrected chi connectivity index (χ4v) is 2.10. The van der Waals surface area contributed by atoms with Crippen LogP contribution in [-0.2, 0) is 6.54 Å². The van der Waals surface area contributed by atoms with Gasteiger partial charge in [0.1, 0.15) is 17.4 Å². The van der Waals surface area contributed by atoms with Gasteiger partial charge in [-0.05, 0) is 18.2 Å². The van der Waals surface area contributed by atoms with Crippen LogP contribution in [0.2, 0.25) is 0 Å². The Bertz CT molecular complexity index is 660. The first-order valence-corrected chi connectivity index (χ1v) is 6.64. The average molecular weight is 290 g/mol. The number of aromatic nitrogens is 1. The molecule has 0 bridgehead atoms. The number of amides is 1. The van der Waals surface area contributed by atoms with Gasteiger partial charge in [-0.3, -0.25) is 4.79 Å². The summed E-state index contributed by atoms with van der Waals surface area (Å²) >= 11 is 1.43. The third kappa shape index (κ3) is 3.63. The number of nitrogens with one attached hydrogen (secondary N) is 1. The highest BCUT2D eigenvalue weighted by atomic mass is 32.1. The van der Waals surface area contributed by atoms with E-state index >= 15 is 0 Å². The van der Waals surface area contributed by atoms with Gasteiger partial charge in [-0.15, -0.1) is 11.3 Å². The third-order valence-corrected chi connectivity index (χ3v) is 3.19. The first kappa shape index (κ1) is 14.2. The molecule has 1 aromatic carbocycles. The lowest BCUT2D eigenvalue weighted by Crippen LogP contribution is -2.23. The maximum Gasteiger partial charge on any atom is 0.252 e. The van der Waals surface area contributed by atoms with Crippen molar-refractivity contribution in [3.05, 3.63) is 51.7 Å². The highest BCUT2D eigenvalue weighted by molar-refractivity contribution is 7.09. The van der Waals surface area contributed by atoms with E-state index in [9.17, 15) is 9.18 Å². The Balaban J connectivity index is 2.16. The van der Waals surface area contributed by atoms with Gasteiger partial charge in [0.05, 0.1) is 12.1 Å². The van der Waals surface area contributed by atoms with Crippen molar-refractivity contribution in [3.8, 4) is 11.8 Å². The number of aliphatic hydroxyl groups excluding tert-OH is 1. The van der Waals surface area contributed by atoms with Crippen LogP contribution in [0, 0.1) is 17.7 Å². The Morgan fingerprint density at radius 1 is 1.50 bits per heavy atom. The van der Waals surface area contributed by atoms with Crippen LogP contribution in [0.4, 0.5) is 4.39 Å². The molecular formula is C14H11FN2O2S. The van der Waals surface area contributed by atoms with Crippen LogP contribution in [-0.4, -0.2) is 22.6 Å². The van der Waals surface area contributed by atoms with Crippen molar-refractivity contribution >= 4 is 17.2 Å². The summed E-state index contributed by atoms with van der Waals surface area (Å²) in [4.78, 5) is 16.1. The zero-order chi connectivity index (χ0) is 14.4. The molecule has 0 unspecified atom stereocenters. The summed E-state index contributed by atoms with van der Waals surface area (Å²) in [6.07, 6.45) is 1.65. The average Bonchev–Trinajstić information content (AvgIpc) is 2.96. The number of hydrogen-bond acceptors (Lipinski definition) is 4. The zero-order valence-corrected chi connectivity index (χ0v) is 11.2. The van der Waals surface area contributed by atoms with Crippen LogP contribution < -0.4 is 5.32 Å². The number of benzene rings is 1. The molecule has 0 saturated carbocycles. The van der Waals surface area contributed by atoms with E-state index in [1.165, 1.54) is 29.5 Å². The van der Waals surface area contributed by atoms with Crippen molar-refractivity contribution < 1.29 is 14.3 Å². The van der Waals surface area contributed by atoms with Gasteiger partial charge in [-0.2, -0.15) is 0 Å². The predicted octanol–water partition coefficient (Wildman–Crippen LogP) is 1.56. The molecular weight excluding hydrogens is 279 g/mol. The quantitative estimate of drug-likeness (QED) is 0.843. The summed E-state index contributed by atoms with van der Waals surface area (Å²) in [5.41, 5.74) is 0.514. The van der Waals surface area contributed by atoms with E-state index in [0.29, 0.717) is 6.54 Å². The van der Waals surface area contributed by atoms with Gasteiger partial charge < -0.3 is 10.4 Å². The van der Waals surface area contributed by atoms with E-state index in [1.807, 2.05) is 5.38 Å². The summed E-state index contributed by atoms with van der Waals surface area (Å²) < 4.78 is 13.2. The largest absolute Gasteiger partial charge is 0.384 e. The van der Waals surface area contributed by atoms with Gasteiger partial charge >= 0.3 is 0 Å². The molecule has 0 aliphatic carbocycles. The number of hydrogen-bond donors (Lipinski definition) is 2. The van der Waals surface area contributed by atoms with Crippen LogP contribution in [0.25, 0.3) is 0 Å². The summed E-state index contributed by atoms with van der Waals surface area (Å²) in [6.45, 7) is -0.0442. The van der Waals surface area contributed by atoms with Gasteiger partial charge in [0.25, 0.3) is 5.91 Å². The van der Waals surface area contributed by atoms with E-state index < -0.39 is 5.82 Å². The SMILES string of the molecule is O=C(NCc1nccs1)c1ccc(F)cc1C#CCO. The number of nitrogens with zero attached hydrogens (tertiary/aromatic N) is 1. The topological polar surface area (TPSA) is 62.2 Å². The summed E-state index contributed by atoms with van der Waals surface area (Å²) in [5, 5.41) is 14.0. The van der Waals surface area contributed by atoms with Crippen molar-refractivity contribution in [1.82, 2.24) is 10.3 Å². The molecule has 0 aliphatic rings. The second-order valence-electron chi connectivity index (χ2n) is 3.76. The van der Waals surface area contributed by atoms with Crippen LogP contribution in [0.1, 0.15) is 20.9 Å². The van der Waals surface area contributed by atoms with Gasteiger partial charge in [0.15, 0.2) is 0 Å². The Hall–Kier alpha value is -2.23. The predicted molar refractivity (Wildman–Crippen MR) is 73.6 cm³/mol. The van der Waals surface area contributed by atoms with Crippen molar-refractivity contribution in [2.75, 3.05) is 6.61 Å². The third-order valence-electron chi connectivity index (χ3n) is 2.41. The fraction of sp³-hybridized carbons (Fsp3) is 0.143. The second-order valence-corrected chi connectivity index (χ2v) is 4.74. The molecule has 0 fully saturated rings. The molecule has 2 N–H and O–H groups in total.